The first kappa shape index (κ1) is 71.9. The van der Waals surface area contributed by atoms with Crippen LogP contribution in [0.3, 0.4) is 0 Å². The van der Waals surface area contributed by atoms with Gasteiger partial charge in [0, 0.05) is 89.4 Å². The van der Waals surface area contributed by atoms with E-state index in [1.165, 1.54) is 13.8 Å². The Morgan fingerprint density at radius 3 is 1.36 bits per heavy atom. The number of aliphatic hydroxyl groups excluding tert-OH is 6. The van der Waals surface area contributed by atoms with Crippen molar-refractivity contribution in [3.8, 4) is 0 Å². The van der Waals surface area contributed by atoms with E-state index in [1.54, 1.807) is 13.8 Å². The minimum atomic E-state index is -1.18. The predicted octanol–water partition coefficient (Wildman–Crippen LogP) is -3.50. The van der Waals surface area contributed by atoms with Gasteiger partial charge in [-0.3, -0.25) is 33.2 Å². The Morgan fingerprint density at radius 2 is 1.00 bits per heavy atom. The van der Waals surface area contributed by atoms with Crippen LogP contribution in [0.15, 0.2) is 0 Å². The number of rotatable bonds is 24. The van der Waals surface area contributed by atoms with E-state index in [9.17, 15) is 58.4 Å². The molecule has 0 bridgehead atoms. The van der Waals surface area contributed by atoms with Crippen molar-refractivity contribution in [3.05, 3.63) is 0 Å². The average molecular weight is 1100 g/mol. The number of halogens is 1. The molecular weight excluding hydrogens is 1020 g/mol. The maximum absolute atomic E-state index is 11.6. The van der Waals surface area contributed by atoms with E-state index in [1.807, 2.05) is 13.8 Å². The smallest absolute Gasteiger partial charge is 0.857 e. The molecule has 75 heavy (non-hydrogen) atoms. The second kappa shape index (κ2) is 41.0. The van der Waals surface area contributed by atoms with Crippen LogP contribution in [-0.2, 0) is 76.3 Å². The number of aliphatic carboxylic acids is 2. The number of carboxylic acids is 2. The molecule has 8 N–H and O–H groups in total. The van der Waals surface area contributed by atoms with E-state index < -0.39 is 142 Å². The van der Waals surface area contributed by atoms with Gasteiger partial charge in [0.2, 0.25) is 0 Å². The van der Waals surface area contributed by atoms with Crippen LogP contribution in [0.1, 0.15) is 114 Å². The maximum atomic E-state index is 11.6. The maximum Gasteiger partial charge on any atom is 1.00 e. The van der Waals surface area contributed by atoms with E-state index in [2.05, 4.69) is 0 Å². The van der Waals surface area contributed by atoms with Crippen LogP contribution in [-0.4, -0.2) is 209 Å². The van der Waals surface area contributed by atoms with Gasteiger partial charge in [-0.25, -0.2) is 4.79 Å². The molecule has 0 aromatic heterocycles. The number of hydrogen-bond donors (Lipinski definition) is 8. The van der Waals surface area contributed by atoms with Gasteiger partial charge in [-0.15, -0.1) is 5.06 Å². The third-order valence-electron chi connectivity index (χ3n) is 12.0. The first-order valence-electron chi connectivity index (χ1n) is 25.0. The molecular formula is C47H81FNNaO25. The van der Waals surface area contributed by atoms with Crippen molar-refractivity contribution in [2.24, 2.45) is 23.7 Å². The number of alkyl halides is 1. The summed E-state index contributed by atoms with van der Waals surface area (Å²) in [6, 6.07) is 0. The molecule has 15 atom stereocenters. The summed E-state index contributed by atoms with van der Waals surface area (Å²) in [5, 5.41) is 83.2. The van der Waals surface area contributed by atoms with Gasteiger partial charge < -0.3 is 88.7 Å². The summed E-state index contributed by atoms with van der Waals surface area (Å²) in [5.41, 5.74) is 0. The van der Waals surface area contributed by atoms with Crippen molar-refractivity contribution in [1.82, 2.24) is 5.06 Å². The molecule has 4 aliphatic heterocycles. The Morgan fingerprint density at radius 1 is 0.627 bits per heavy atom. The summed E-state index contributed by atoms with van der Waals surface area (Å²) in [4.78, 5) is 82.3. The normalized spacial score (nSPS) is 30.1. The largest absolute Gasteiger partial charge is 1.00 e. The molecule has 2 amide bonds. The number of carboxylic acid groups (broad SMARTS) is 2. The number of ether oxygens (including phenoxy) is 8. The third kappa shape index (κ3) is 27.4. The van der Waals surface area contributed by atoms with Gasteiger partial charge in [0.05, 0.1) is 33.9 Å². The van der Waals surface area contributed by atoms with Crippen molar-refractivity contribution in [2.45, 2.75) is 180 Å². The number of carbonyl (C=O) groups excluding carboxylic acids is 5. The van der Waals surface area contributed by atoms with Crippen molar-refractivity contribution < 1.29 is 158 Å². The number of amides is 2. The molecule has 4 heterocycles. The van der Waals surface area contributed by atoms with Crippen LogP contribution in [0.25, 0.3) is 0 Å². The van der Waals surface area contributed by atoms with Gasteiger partial charge in [-0.1, -0.05) is 27.7 Å². The number of hydroxylamine groups is 2. The Bertz CT molecular complexity index is 1660. The second-order valence-electron chi connectivity index (χ2n) is 17.6. The zero-order valence-electron chi connectivity index (χ0n) is 45.2. The van der Waals surface area contributed by atoms with Crippen LogP contribution >= 0.6 is 0 Å². The predicted molar refractivity (Wildman–Crippen MR) is 248 cm³/mol. The molecule has 0 radical (unpaired) electrons. The minimum Gasteiger partial charge on any atom is -0.857 e. The van der Waals surface area contributed by atoms with Gasteiger partial charge in [-0.2, -0.15) is 7.11 Å². The van der Waals surface area contributed by atoms with E-state index in [4.69, 9.17) is 69.6 Å². The van der Waals surface area contributed by atoms with Gasteiger partial charge in [0.25, 0.3) is 11.8 Å². The summed E-state index contributed by atoms with van der Waals surface area (Å²) >= 11 is 0. The molecule has 0 aliphatic carbocycles. The van der Waals surface area contributed by atoms with Gasteiger partial charge >= 0.3 is 59.4 Å². The number of imide groups is 1. The molecule has 28 heteroatoms. The first-order chi connectivity index (χ1) is 35.4. The Labute approximate surface area is 460 Å². The van der Waals surface area contributed by atoms with Crippen LogP contribution in [0.5, 0.6) is 0 Å². The summed E-state index contributed by atoms with van der Waals surface area (Å²) in [5.74, 6) is -5.25. The molecule has 0 saturated carbocycles. The number of carbonyl (C=O) groups is 7. The average Bonchev–Trinajstić information content (AvgIpc) is 3.68. The fraction of sp³-hybridized carbons (Fsp3) is 0.851. The number of unbranched alkanes of at least 4 members (excludes halogenated alkanes) is 3. The molecule has 432 valence electrons. The number of aliphatic hydroxyl groups is 6. The number of nitrogens with zero attached hydrogens (tertiary/aromatic N) is 1. The quantitative estimate of drug-likeness (QED) is 0.0201. The molecule has 4 rings (SSSR count). The van der Waals surface area contributed by atoms with E-state index >= 15 is 0 Å². The fourth-order valence-electron chi connectivity index (χ4n) is 7.51. The molecule has 0 aromatic carbocycles. The SMILES string of the molecule is CC(=O)OCC1OC(OCCCCC(=O)O)C(C)C(C)C1OC(C)=O.CC1C(OCCCCC(=O)O)OC(CO)C(O)C1O.CC1C(OCCCCC(=O)ON2C(=O)CCC2=O)OC(CO)C(O)C1O.C[O-].[2H]CF.[Na+]. The van der Waals surface area contributed by atoms with E-state index in [0.29, 0.717) is 56.8 Å². The van der Waals surface area contributed by atoms with Crippen LogP contribution in [0, 0.1) is 23.7 Å². The van der Waals surface area contributed by atoms with Crippen LogP contribution < -0.4 is 34.7 Å². The second-order valence-corrected chi connectivity index (χ2v) is 17.6. The van der Waals surface area contributed by atoms with E-state index in [-0.39, 0.29) is 86.7 Å². The van der Waals surface area contributed by atoms with Crippen molar-refractivity contribution >= 4 is 41.7 Å². The summed E-state index contributed by atoms with van der Waals surface area (Å²) in [7, 11) is -0.250. The Balaban J connectivity index is 0. The molecule has 4 aliphatic rings. The summed E-state index contributed by atoms with van der Waals surface area (Å²) < 4.78 is 59.2. The Kier molecular flexibility index (Phi) is 39.3. The van der Waals surface area contributed by atoms with Crippen molar-refractivity contribution in [1.29, 1.82) is 0 Å². The van der Waals surface area contributed by atoms with Gasteiger partial charge in [-0.05, 0) is 38.5 Å². The summed E-state index contributed by atoms with van der Waals surface area (Å²) in [6.07, 6.45) is -5.95. The molecule has 26 nitrogen and oxygen atoms in total. The number of hydrogen-bond acceptors (Lipinski definition) is 23. The van der Waals surface area contributed by atoms with E-state index in [0.717, 1.165) is 7.11 Å². The fourth-order valence-corrected chi connectivity index (χ4v) is 7.51. The molecule has 0 aromatic rings. The standard InChI is InChI=1S/C17H28O8.C16H25NO9.C12H22O7.CH3F.CH3O.Na/c1-10-11(2)17(22-8-6-5-7-15(20)21)25-14(9-23-12(3)18)16(10)24-13(4)19;1-9-14(22)15(23)10(8-18)25-16(9)24-7-3-2-4-13(21)26-17-11(19)5-6-12(17)20;1-7-10(16)11(17)8(6-13)19-12(7)18-5-3-2-4-9(14)15;2*1-2;/h10-11,14,16-17H,5-9H2,1-4H3,(H,20,21);9-10,14-16,18,22-23H,2-8H2,1H3;7-8,10-13,16-17H,2-6H2,1H3,(H,14,15);2*1H3;/q;;;;-1;+1/i;;;1D;;. The monoisotopic (exact) mass is 1100 g/mol. The molecule has 0 spiro atoms. The van der Waals surface area contributed by atoms with Crippen molar-refractivity contribution in [2.75, 3.05) is 53.9 Å². The van der Waals surface area contributed by atoms with Crippen molar-refractivity contribution in [3.63, 3.8) is 0 Å². The topological polar surface area (TPSA) is 391 Å². The molecule has 4 saturated heterocycles. The molecule has 15 unspecified atom stereocenters. The summed E-state index contributed by atoms with van der Waals surface area (Å²) in [6.45, 7) is 9.88. The zero-order chi connectivity index (χ0) is 57.4. The van der Waals surface area contributed by atoms with Gasteiger partial charge in [0.1, 0.15) is 43.2 Å². The number of esters is 2. The van der Waals surface area contributed by atoms with Crippen LogP contribution in [0.4, 0.5) is 4.39 Å². The Hall–Kier alpha value is -3.10. The minimum absolute atomic E-state index is 0. The van der Waals surface area contributed by atoms with Gasteiger partial charge in [0.15, 0.2) is 18.9 Å². The van der Waals surface area contributed by atoms with Crippen LogP contribution in [0.2, 0.25) is 0 Å². The first-order valence-corrected chi connectivity index (χ1v) is 24.3. The zero-order valence-corrected chi connectivity index (χ0v) is 46.2. The third-order valence-corrected chi connectivity index (χ3v) is 12.0. The molecule has 4 fully saturated rings.